The van der Waals surface area contributed by atoms with Crippen molar-refractivity contribution in [3.05, 3.63) is 24.2 Å². The zero-order valence-electron chi connectivity index (χ0n) is 15.1. The van der Waals surface area contributed by atoms with Gasteiger partial charge in [-0.2, -0.15) is 9.36 Å². The Balaban J connectivity index is 1.28. The second-order valence-corrected chi connectivity index (χ2v) is 8.06. The number of alkyl halides is 2. The van der Waals surface area contributed by atoms with Crippen LogP contribution >= 0.6 is 11.5 Å². The average molecular weight is 407 g/mol. The van der Waals surface area contributed by atoms with E-state index in [1.165, 1.54) is 22.1 Å². The fraction of sp³-hybridized carbons (Fsp3) is 0.529. The molecule has 2 saturated heterocycles. The van der Waals surface area contributed by atoms with Gasteiger partial charge in [-0.3, -0.25) is 0 Å². The standard InChI is InChI=1S/C17H19F2N7OS/c1-9-4-13(28-24-9)25-6-10-5-11(7-25)14(10)21-17-22-15-16(27-8-12(18)19)20-2-3-26(15)23-17/h2-4,10-12,14H,5-8H2,1H3,(H,21,23)/t10-,11?,14?/m0/s1. The monoisotopic (exact) mass is 407 g/mol. The molecule has 0 spiro atoms. The Bertz CT molecular complexity index is 981. The minimum atomic E-state index is -2.57. The smallest absolute Gasteiger partial charge is 0.272 e. The van der Waals surface area contributed by atoms with Gasteiger partial charge in [0.05, 0.1) is 5.69 Å². The highest BCUT2D eigenvalue weighted by atomic mass is 32.1. The summed E-state index contributed by atoms with van der Waals surface area (Å²) in [5.41, 5.74) is 1.39. The molecule has 2 unspecified atom stereocenters. The maximum absolute atomic E-state index is 12.4. The molecule has 148 valence electrons. The van der Waals surface area contributed by atoms with Crippen molar-refractivity contribution in [1.29, 1.82) is 0 Å². The number of fused-ring (bicyclic) bond motifs is 3. The first-order valence-corrected chi connectivity index (χ1v) is 9.91. The van der Waals surface area contributed by atoms with Gasteiger partial charge in [-0.1, -0.05) is 0 Å². The fourth-order valence-electron chi connectivity index (χ4n) is 4.05. The number of nitrogens with one attached hydrogen (secondary N) is 1. The normalized spacial score (nSPS) is 23.9. The van der Waals surface area contributed by atoms with Crippen molar-refractivity contribution < 1.29 is 13.5 Å². The fourth-order valence-corrected chi connectivity index (χ4v) is 4.83. The highest BCUT2D eigenvalue weighted by Crippen LogP contribution is 2.43. The molecule has 1 N–H and O–H groups in total. The summed E-state index contributed by atoms with van der Waals surface area (Å²) in [6.07, 6.45) is 1.70. The molecule has 1 saturated carbocycles. The topological polar surface area (TPSA) is 80.5 Å². The second kappa shape index (κ2) is 6.80. The molecule has 3 fully saturated rings. The SMILES string of the molecule is Cc1cc(N2CC3C[C@@H](C2)C3Nc2nc3c(OCC(F)F)nccn3n2)sn1. The van der Waals surface area contributed by atoms with E-state index in [4.69, 9.17) is 4.74 Å². The van der Waals surface area contributed by atoms with Crippen molar-refractivity contribution in [2.75, 3.05) is 29.9 Å². The van der Waals surface area contributed by atoms with Gasteiger partial charge in [-0.15, -0.1) is 5.10 Å². The number of anilines is 2. The molecule has 3 atom stereocenters. The molecule has 8 nitrogen and oxygen atoms in total. The molecule has 28 heavy (non-hydrogen) atoms. The third kappa shape index (κ3) is 3.13. The van der Waals surface area contributed by atoms with Gasteiger partial charge in [0.2, 0.25) is 11.6 Å². The van der Waals surface area contributed by atoms with Gasteiger partial charge in [0.15, 0.2) is 6.61 Å². The van der Waals surface area contributed by atoms with Crippen LogP contribution in [0.2, 0.25) is 0 Å². The lowest BCUT2D eigenvalue weighted by Crippen LogP contribution is -2.61. The molecule has 2 bridgehead atoms. The van der Waals surface area contributed by atoms with Crippen LogP contribution in [0.4, 0.5) is 19.7 Å². The number of piperidine rings is 2. The predicted molar refractivity (Wildman–Crippen MR) is 100 cm³/mol. The van der Waals surface area contributed by atoms with Gasteiger partial charge in [0.25, 0.3) is 12.3 Å². The van der Waals surface area contributed by atoms with Crippen LogP contribution in [0.1, 0.15) is 12.1 Å². The molecule has 11 heteroatoms. The molecule has 2 aliphatic heterocycles. The van der Waals surface area contributed by atoms with E-state index in [9.17, 15) is 8.78 Å². The third-order valence-electron chi connectivity index (χ3n) is 5.32. The summed E-state index contributed by atoms with van der Waals surface area (Å²) in [5.74, 6) is 1.56. The van der Waals surface area contributed by atoms with Crippen LogP contribution in [0.3, 0.4) is 0 Å². The molecule has 0 radical (unpaired) electrons. The lowest BCUT2D eigenvalue weighted by atomic mass is 9.66. The van der Waals surface area contributed by atoms with Crippen LogP contribution in [0.5, 0.6) is 5.88 Å². The first-order chi connectivity index (χ1) is 13.6. The maximum Gasteiger partial charge on any atom is 0.272 e. The van der Waals surface area contributed by atoms with Gasteiger partial charge in [0.1, 0.15) is 5.00 Å². The number of rotatable bonds is 6. The number of hydrogen-bond donors (Lipinski definition) is 1. The second-order valence-electron chi connectivity index (χ2n) is 7.28. The van der Waals surface area contributed by atoms with E-state index in [1.54, 1.807) is 17.7 Å². The highest BCUT2D eigenvalue weighted by molar-refractivity contribution is 7.10. The van der Waals surface area contributed by atoms with Crippen LogP contribution in [-0.4, -0.2) is 56.1 Å². The average Bonchev–Trinajstić information content (AvgIpc) is 3.30. The minimum absolute atomic E-state index is 0.0592. The van der Waals surface area contributed by atoms with Crippen LogP contribution in [0.15, 0.2) is 18.5 Å². The summed E-state index contributed by atoms with van der Waals surface area (Å²) in [5, 5.41) is 9.05. The van der Waals surface area contributed by atoms with Crippen LogP contribution in [0, 0.1) is 18.8 Å². The number of hydrogen-bond acceptors (Lipinski definition) is 8. The quantitative estimate of drug-likeness (QED) is 0.672. The summed E-state index contributed by atoms with van der Waals surface area (Å²) >= 11 is 1.55. The summed E-state index contributed by atoms with van der Waals surface area (Å²) in [4.78, 5) is 10.8. The molecule has 3 aromatic heterocycles. The predicted octanol–water partition coefficient (Wildman–Crippen LogP) is 2.47. The van der Waals surface area contributed by atoms with Crippen LogP contribution in [-0.2, 0) is 0 Å². The molecular formula is C17H19F2N7OS. The van der Waals surface area contributed by atoms with Gasteiger partial charge < -0.3 is 15.0 Å². The number of aryl methyl sites for hydroxylation is 1. The van der Waals surface area contributed by atoms with Crippen LogP contribution in [0.25, 0.3) is 5.65 Å². The molecule has 3 aliphatic rings. The van der Waals surface area contributed by atoms with E-state index in [-0.39, 0.29) is 5.88 Å². The summed E-state index contributed by atoms with van der Waals surface area (Å²) in [6, 6.07) is 2.44. The Kier molecular flexibility index (Phi) is 4.26. The van der Waals surface area contributed by atoms with E-state index in [1.807, 2.05) is 6.92 Å². The van der Waals surface area contributed by atoms with Gasteiger partial charge >= 0.3 is 0 Å². The molecule has 0 amide bonds. The molecule has 1 aliphatic carbocycles. The Morgan fingerprint density at radius 1 is 1.36 bits per heavy atom. The Morgan fingerprint density at radius 2 is 2.18 bits per heavy atom. The van der Waals surface area contributed by atoms with E-state index < -0.39 is 13.0 Å². The van der Waals surface area contributed by atoms with Gasteiger partial charge in [-0.25, -0.2) is 18.3 Å². The number of nitrogens with zero attached hydrogens (tertiary/aromatic N) is 6. The molecule has 5 heterocycles. The van der Waals surface area contributed by atoms with Crippen molar-refractivity contribution in [2.24, 2.45) is 11.8 Å². The summed E-state index contributed by atoms with van der Waals surface area (Å²) in [6.45, 7) is 3.25. The van der Waals surface area contributed by atoms with Crippen molar-refractivity contribution in [2.45, 2.75) is 25.8 Å². The lowest BCUT2D eigenvalue weighted by Gasteiger charge is -2.53. The first-order valence-electron chi connectivity index (χ1n) is 9.14. The molecular weight excluding hydrogens is 388 g/mol. The Hall–Kier alpha value is -2.56. The van der Waals surface area contributed by atoms with Gasteiger partial charge in [0, 0.05) is 31.5 Å². The van der Waals surface area contributed by atoms with Crippen LogP contribution < -0.4 is 15.0 Å². The zero-order valence-corrected chi connectivity index (χ0v) is 15.9. The largest absolute Gasteiger partial charge is 0.469 e. The third-order valence-corrected chi connectivity index (χ3v) is 6.26. The van der Waals surface area contributed by atoms with E-state index in [0.29, 0.717) is 29.5 Å². The van der Waals surface area contributed by atoms with Crippen molar-refractivity contribution in [1.82, 2.24) is 24.0 Å². The molecule has 0 aromatic carbocycles. The Morgan fingerprint density at radius 3 is 2.89 bits per heavy atom. The number of ether oxygens (including phenoxy) is 1. The maximum atomic E-state index is 12.4. The van der Waals surface area contributed by atoms with E-state index in [0.717, 1.165) is 18.8 Å². The van der Waals surface area contributed by atoms with Crippen molar-refractivity contribution >= 4 is 28.1 Å². The molecule has 6 rings (SSSR count). The zero-order chi connectivity index (χ0) is 19.3. The first kappa shape index (κ1) is 17.5. The number of halogens is 2. The minimum Gasteiger partial charge on any atom is -0.469 e. The van der Waals surface area contributed by atoms with Gasteiger partial charge in [-0.05, 0) is 42.8 Å². The van der Waals surface area contributed by atoms with Crippen molar-refractivity contribution in [3.8, 4) is 5.88 Å². The summed E-state index contributed by atoms with van der Waals surface area (Å²) < 4.78 is 35.8. The summed E-state index contributed by atoms with van der Waals surface area (Å²) in [7, 11) is 0. The van der Waals surface area contributed by atoms with E-state index >= 15 is 0 Å². The highest BCUT2D eigenvalue weighted by Gasteiger charge is 2.47. The Labute approximate surface area is 163 Å². The van der Waals surface area contributed by atoms with E-state index in [2.05, 4.69) is 35.7 Å². The molecule has 3 aromatic rings. The number of aromatic nitrogens is 5. The lowest BCUT2D eigenvalue weighted by molar-refractivity contribution is 0.0801. The van der Waals surface area contributed by atoms with Crippen molar-refractivity contribution in [3.63, 3.8) is 0 Å².